The molecule has 2 aromatic rings. The number of amides is 1. The van der Waals surface area contributed by atoms with Gasteiger partial charge in [0, 0.05) is 12.6 Å². The van der Waals surface area contributed by atoms with Crippen LogP contribution in [-0.4, -0.2) is 60.9 Å². The van der Waals surface area contributed by atoms with E-state index in [-0.39, 0.29) is 13.0 Å². The molecule has 0 bridgehead atoms. The summed E-state index contributed by atoms with van der Waals surface area (Å²) in [6.45, 7) is 5.71. The number of hydrogen-bond acceptors (Lipinski definition) is 7. The fourth-order valence-corrected chi connectivity index (χ4v) is 4.60. The first-order valence-corrected chi connectivity index (χ1v) is 12.1. The van der Waals surface area contributed by atoms with Gasteiger partial charge in [-0.2, -0.15) is 0 Å². The van der Waals surface area contributed by atoms with Crippen molar-refractivity contribution in [3.05, 3.63) is 71.8 Å². The zero-order valence-corrected chi connectivity index (χ0v) is 21.6. The van der Waals surface area contributed by atoms with Gasteiger partial charge < -0.3 is 14.2 Å². The highest BCUT2D eigenvalue weighted by molar-refractivity contribution is 5.80. The summed E-state index contributed by atoms with van der Waals surface area (Å²) in [6.07, 6.45) is 0.147. The summed E-state index contributed by atoms with van der Waals surface area (Å²) in [7, 11) is 2.64. The average molecular weight is 497 g/mol. The first-order chi connectivity index (χ1) is 17.1. The number of ether oxygens (including phenoxy) is 3. The zero-order valence-electron chi connectivity index (χ0n) is 21.6. The topological polar surface area (TPSA) is 94.2 Å². The summed E-state index contributed by atoms with van der Waals surface area (Å²) in [5.41, 5.74) is 1.18. The number of hydrogen-bond donors (Lipinski definition) is 1. The predicted molar refractivity (Wildman–Crippen MR) is 135 cm³/mol. The largest absolute Gasteiger partial charge is 0.469 e. The molecule has 8 nitrogen and oxygen atoms in total. The van der Waals surface area contributed by atoms with Gasteiger partial charge in [-0.15, -0.1) is 0 Å². The first kappa shape index (κ1) is 27.2. The zero-order chi connectivity index (χ0) is 26.3. The molecule has 0 radical (unpaired) electrons. The summed E-state index contributed by atoms with van der Waals surface area (Å²) in [5, 5.41) is 3.29. The van der Waals surface area contributed by atoms with E-state index in [1.807, 2.05) is 81.4 Å². The molecule has 0 aliphatic carbocycles. The molecule has 4 atom stereocenters. The predicted octanol–water partition coefficient (Wildman–Crippen LogP) is 3.73. The third-order valence-electron chi connectivity index (χ3n) is 6.23. The molecule has 1 saturated heterocycles. The Balaban J connectivity index is 2.07. The maximum Gasteiger partial charge on any atom is 0.410 e. The molecule has 36 heavy (non-hydrogen) atoms. The van der Waals surface area contributed by atoms with Crippen molar-refractivity contribution in [3.63, 3.8) is 0 Å². The van der Waals surface area contributed by atoms with Crippen LogP contribution in [0.1, 0.15) is 38.3 Å². The third-order valence-corrected chi connectivity index (χ3v) is 6.23. The van der Waals surface area contributed by atoms with E-state index in [4.69, 9.17) is 14.2 Å². The van der Waals surface area contributed by atoms with Crippen LogP contribution in [0, 0.1) is 5.92 Å². The van der Waals surface area contributed by atoms with Crippen LogP contribution in [0.2, 0.25) is 0 Å². The number of carbonyl (C=O) groups excluding carboxylic acids is 3. The van der Waals surface area contributed by atoms with E-state index in [1.54, 1.807) is 4.90 Å². The third kappa shape index (κ3) is 7.07. The van der Waals surface area contributed by atoms with Gasteiger partial charge in [-0.05, 0) is 44.7 Å². The first-order valence-electron chi connectivity index (χ1n) is 12.1. The lowest BCUT2D eigenvalue weighted by Crippen LogP contribution is -2.56. The monoisotopic (exact) mass is 496 g/mol. The molecule has 1 aliphatic rings. The Hall–Kier alpha value is -3.39. The van der Waals surface area contributed by atoms with Crippen molar-refractivity contribution in [2.45, 2.75) is 63.9 Å². The minimum absolute atomic E-state index is 0.211. The number of benzene rings is 2. The Morgan fingerprint density at radius 2 is 1.47 bits per heavy atom. The van der Waals surface area contributed by atoms with Gasteiger partial charge in [0.2, 0.25) is 0 Å². The second-order valence-electron chi connectivity index (χ2n) is 9.98. The summed E-state index contributed by atoms with van der Waals surface area (Å²) in [4.78, 5) is 40.6. The molecule has 3 rings (SSSR count). The highest BCUT2D eigenvalue weighted by Crippen LogP contribution is 2.31. The lowest BCUT2D eigenvalue weighted by Gasteiger charge is -2.38. The molecule has 194 valence electrons. The summed E-state index contributed by atoms with van der Waals surface area (Å²) < 4.78 is 15.9. The minimum Gasteiger partial charge on any atom is -0.469 e. The SMILES string of the molecule is COC(=O)[C@H]1C[C@@H](C(=O)OC)[C@@H]([C@H](Cc2ccccc2)N(Cc2ccccc2)C(=O)OC(C)(C)C)N1. The molecule has 0 saturated carbocycles. The Kier molecular flexibility index (Phi) is 9.09. The molecule has 2 aromatic carbocycles. The molecule has 1 aliphatic heterocycles. The summed E-state index contributed by atoms with van der Waals surface area (Å²) in [6, 6.07) is 17.5. The fraction of sp³-hybridized carbons (Fsp3) is 0.464. The van der Waals surface area contributed by atoms with Crippen LogP contribution < -0.4 is 5.32 Å². The van der Waals surface area contributed by atoms with E-state index >= 15 is 0 Å². The molecular formula is C28H36N2O6. The van der Waals surface area contributed by atoms with Gasteiger partial charge in [0.15, 0.2) is 0 Å². The van der Waals surface area contributed by atoms with Crippen LogP contribution in [0.25, 0.3) is 0 Å². The Morgan fingerprint density at radius 1 is 0.917 bits per heavy atom. The van der Waals surface area contributed by atoms with Gasteiger partial charge in [-0.25, -0.2) is 4.79 Å². The van der Waals surface area contributed by atoms with Crippen LogP contribution >= 0.6 is 0 Å². The van der Waals surface area contributed by atoms with Crippen LogP contribution in [0.15, 0.2) is 60.7 Å². The average Bonchev–Trinajstić information content (AvgIpc) is 3.30. The second-order valence-corrected chi connectivity index (χ2v) is 9.98. The maximum absolute atomic E-state index is 13.6. The second kappa shape index (κ2) is 12.0. The lowest BCUT2D eigenvalue weighted by atomic mass is 9.88. The van der Waals surface area contributed by atoms with Crippen LogP contribution in [-0.2, 0) is 36.8 Å². The lowest BCUT2D eigenvalue weighted by molar-refractivity contribution is -0.146. The highest BCUT2D eigenvalue weighted by atomic mass is 16.6. The van der Waals surface area contributed by atoms with E-state index in [1.165, 1.54) is 14.2 Å². The minimum atomic E-state index is -0.720. The number of carbonyl (C=O) groups is 3. The smallest absolute Gasteiger partial charge is 0.410 e. The molecule has 0 unspecified atom stereocenters. The molecule has 1 heterocycles. The molecule has 1 N–H and O–H groups in total. The van der Waals surface area contributed by atoms with E-state index in [2.05, 4.69) is 5.32 Å². The summed E-state index contributed by atoms with van der Waals surface area (Å²) in [5.74, 6) is -1.56. The van der Waals surface area contributed by atoms with Crippen molar-refractivity contribution >= 4 is 18.0 Å². The molecule has 0 spiro atoms. The van der Waals surface area contributed by atoms with E-state index < -0.39 is 47.7 Å². The number of nitrogens with zero attached hydrogens (tertiary/aromatic N) is 1. The number of nitrogens with one attached hydrogen (secondary N) is 1. The van der Waals surface area contributed by atoms with Crippen LogP contribution in [0.3, 0.4) is 0 Å². The van der Waals surface area contributed by atoms with Crippen molar-refractivity contribution in [3.8, 4) is 0 Å². The van der Waals surface area contributed by atoms with Gasteiger partial charge in [0.1, 0.15) is 11.6 Å². The van der Waals surface area contributed by atoms with E-state index in [0.717, 1.165) is 11.1 Å². The van der Waals surface area contributed by atoms with Gasteiger partial charge in [-0.3, -0.25) is 19.8 Å². The van der Waals surface area contributed by atoms with E-state index in [0.29, 0.717) is 6.42 Å². The van der Waals surface area contributed by atoms with Gasteiger partial charge in [0.25, 0.3) is 0 Å². The van der Waals surface area contributed by atoms with Crippen molar-refractivity contribution in [1.29, 1.82) is 0 Å². The van der Waals surface area contributed by atoms with Gasteiger partial charge in [0.05, 0.1) is 26.2 Å². The number of rotatable bonds is 8. The quantitative estimate of drug-likeness (QED) is 0.440. The standard InChI is InChI=1S/C28H36N2O6/c1-28(2,3)36-27(33)30(18-20-14-10-7-11-15-20)23(16-19-12-8-6-9-13-19)24-21(25(31)34-4)17-22(29-24)26(32)35-5/h6-15,21-24,29H,16-18H2,1-5H3/t21-,22-,23+,24+/m1/s1. The highest BCUT2D eigenvalue weighted by Gasteiger charge is 2.48. The normalized spacial score (nSPS) is 20.3. The van der Waals surface area contributed by atoms with Crippen molar-refractivity contribution in [2.75, 3.05) is 14.2 Å². The van der Waals surface area contributed by atoms with Crippen molar-refractivity contribution in [2.24, 2.45) is 5.92 Å². The molecule has 1 amide bonds. The Bertz CT molecular complexity index is 1020. The van der Waals surface area contributed by atoms with Crippen LogP contribution in [0.4, 0.5) is 4.79 Å². The Morgan fingerprint density at radius 3 is 2.00 bits per heavy atom. The molecule has 0 aromatic heterocycles. The summed E-state index contributed by atoms with van der Waals surface area (Å²) >= 11 is 0. The molecular weight excluding hydrogens is 460 g/mol. The fourth-order valence-electron chi connectivity index (χ4n) is 4.60. The molecule has 8 heteroatoms. The van der Waals surface area contributed by atoms with Gasteiger partial charge >= 0.3 is 18.0 Å². The van der Waals surface area contributed by atoms with Crippen LogP contribution in [0.5, 0.6) is 0 Å². The number of methoxy groups -OCH3 is 2. The Labute approximate surface area is 212 Å². The molecule has 1 fully saturated rings. The van der Waals surface area contributed by atoms with Crippen molar-refractivity contribution in [1.82, 2.24) is 10.2 Å². The maximum atomic E-state index is 13.6. The number of esters is 2. The van der Waals surface area contributed by atoms with Gasteiger partial charge in [-0.1, -0.05) is 60.7 Å². The van der Waals surface area contributed by atoms with E-state index in [9.17, 15) is 14.4 Å². The van der Waals surface area contributed by atoms with Crippen molar-refractivity contribution < 1.29 is 28.6 Å².